The molecular formula is C22H29Cl2FN4O. The van der Waals surface area contributed by atoms with Gasteiger partial charge in [-0.25, -0.2) is 9.37 Å². The lowest BCUT2D eigenvalue weighted by Crippen LogP contribution is -2.12. The molecule has 1 aromatic heterocycles. The second kappa shape index (κ2) is 11.9. The van der Waals surface area contributed by atoms with Gasteiger partial charge in [-0.2, -0.15) is 0 Å². The number of unbranched alkanes of at least 4 members (excludes halogenated alkanes) is 3. The van der Waals surface area contributed by atoms with E-state index in [0.717, 1.165) is 53.8 Å². The number of aromatic nitrogens is 2. The van der Waals surface area contributed by atoms with Crippen molar-refractivity contribution in [1.82, 2.24) is 9.55 Å². The molecule has 30 heavy (non-hydrogen) atoms. The quantitative estimate of drug-likeness (QED) is 0.448. The zero-order valence-electron chi connectivity index (χ0n) is 17.3. The van der Waals surface area contributed by atoms with E-state index < -0.39 is 0 Å². The molecule has 0 aliphatic carbocycles. The lowest BCUT2D eigenvalue weighted by atomic mass is 10.1. The van der Waals surface area contributed by atoms with Crippen molar-refractivity contribution in [1.29, 1.82) is 0 Å². The minimum atomic E-state index is -0.297. The van der Waals surface area contributed by atoms with Gasteiger partial charge in [0.1, 0.15) is 11.6 Å². The molecule has 8 heteroatoms. The molecule has 0 atom stereocenters. The van der Waals surface area contributed by atoms with Crippen LogP contribution in [0.4, 0.5) is 10.1 Å². The molecule has 164 valence electrons. The van der Waals surface area contributed by atoms with E-state index in [1.165, 1.54) is 12.1 Å². The standard InChI is InChI=1S/C22H27FN4O.2ClH/c1-15-13-16(22-26-19-14-17(23)9-11-20(19)27(22)2)8-10-18(15)25-21(28)7-5-3-4-6-12-24;;/h8-11,13-14H,3-7,12,24H2,1-2H3,(H,25,28);2*1H. The minimum absolute atomic E-state index is 0. The first-order valence-electron chi connectivity index (χ1n) is 9.72. The second-order valence-electron chi connectivity index (χ2n) is 7.16. The highest BCUT2D eigenvalue weighted by atomic mass is 35.5. The molecule has 5 nitrogen and oxygen atoms in total. The SMILES string of the molecule is Cc1cc(-c2nc3cc(F)ccc3n2C)ccc1NC(=O)CCCCCCN.Cl.Cl. The molecule has 0 aliphatic rings. The normalized spacial score (nSPS) is 10.4. The van der Waals surface area contributed by atoms with Gasteiger partial charge in [0.05, 0.1) is 11.0 Å². The van der Waals surface area contributed by atoms with Gasteiger partial charge in [0.15, 0.2) is 0 Å². The summed E-state index contributed by atoms with van der Waals surface area (Å²) in [5.41, 5.74) is 9.68. The number of nitrogens with two attached hydrogens (primary N) is 1. The van der Waals surface area contributed by atoms with Gasteiger partial charge in [-0.15, -0.1) is 24.8 Å². The number of fused-ring (bicyclic) bond motifs is 1. The maximum Gasteiger partial charge on any atom is 0.224 e. The predicted molar refractivity (Wildman–Crippen MR) is 126 cm³/mol. The molecule has 0 saturated carbocycles. The topological polar surface area (TPSA) is 72.9 Å². The van der Waals surface area contributed by atoms with Crippen LogP contribution in [0.15, 0.2) is 36.4 Å². The summed E-state index contributed by atoms with van der Waals surface area (Å²) in [4.78, 5) is 16.7. The van der Waals surface area contributed by atoms with Crippen LogP contribution in [0.3, 0.4) is 0 Å². The van der Waals surface area contributed by atoms with Gasteiger partial charge in [0.2, 0.25) is 5.91 Å². The summed E-state index contributed by atoms with van der Waals surface area (Å²) in [5, 5.41) is 2.99. The Balaban J connectivity index is 0.00000225. The van der Waals surface area contributed by atoms with Gasteiger partial charge in [-0.05, 0) is 62.2 Å². The number of aryl methyl sites for hydroxylation is 2. The summed E-state index contributed by atoms with van der Waals surface area (Å²) in [6, 6.07) is 10.4. The van der Waals surface area contributed by atoms with Crippen molar-refractivity contribution in [3.05, 3.63) is 47.8 Å². The van der Waals surface area contributed by atoms with E-state index in [2.05, 4.69) is 10.3 Å². The predicted octanol–water partition coefficient (Wildman–Crippen LogP) is 5.38. The first-order valence-corrected chi connectivity index (χ1v) is 9.72. The molecule has 0 unspecified atom stereocenters. The van der Waals surface area contributed by atoms with Gasteiger partial charge in [-0.3, -0.25) is 4.79 Å². The summed E-state index contributed by atoms with van der Waals surface area (Å²) < 4.78 is 15.4. The van der Waals surface area contributed by atoms with Gasteiger partial charge < -0.3 is 15.6 Å². The lowest BCUT2D eigenvalue weighted by Gasteiger charge is -2.10. The number of carbonyl (C=O) groups is 1. The molecule has 0 fully saturated rings. The molecule has 3 rings (SSSR count). The molecule has 3 N–H and O–H groups in total. The van der Waals surface area contributed by atoms with E-state index in [4.69, 9.17) is 5.73 Å². The average molecular weight is 455 g/mol. The van der Waals surface area contributed by atoms with Crippen molar-refractivity contribution < 1.29 is 9.18 Å². The Morgan fingerprint density at radius 3 is 2.53 bits per heavy atom. The van der Waals surface area contributed by atoms with Crippen molar-refractivity contribution in [3.8, 4) is 11.4 Å². The lowest BCUT2D eigenvalue weighted by molar-refractivity contribution is -0.116. The molecular weight excluding hydrogens is 426 g/mol. The van der Waals surface area contributed by atoms with Crippen LogP contribution in [-0.2, 0) is 11.8 Å². The molecule has 0 spiro atoms. The van der Waals surface area contributed by atoms with Crippen LogP contribution in [0.5, 0.6) is 0 Å². The highest BCUT2D eigenvalue weighted by molar-refractivity contribution is 5.92. The molecule has 0 saturated heterocycles. The molecule has 1 heterocycles. The van der Waals surface area contributed by atoms with Crippen molar-refractivity contribution in [2.75, 3.05) is 11.9 Å². The largest absolute Gasteiger partial charge is 0.330 e. The van der Waals surface area contributed by atoms with E-state index in [1.54, 1.807) is 6.07 Å². The Morgan fingerprint density at radius 1 is 1.10 bits per heavy atom. The summed E-state index contributed by atoms with van der Waals surface area (Å²) in [7, 11) is 1.91. The fourth-order valence-corrected chi connectivity index (χ4v) is 3.37. The van der Waals surface area contributed by atoms with E-state index in [9.17, 15) is 9.18 Å². The molecule has 0 bridgehead atoms. The Hall–Kier alpha value is -2.15. The fourth-order valence-electron chi connectivity index (χ4n) is 3.37. The van der Waals surface area contributed by atoms with Gasteiger partial charge in [-0.1, -0.05) is 12.8 Å². The van der Waals surface area contributed by atoms with E-state index in [-0.39, 0.29) is 36.5 Å². The average Bonchev–Trinajstić information content (AvgIpc) is 2.99. The zero-order chi connectivity index (χ0) is 20.1. The van der Waals surface area contributed by atoms with E-state index >= 15 is 0 Å². The van der Waals surface area contributed by atoms with E-state index in [0.29, 0.717) is 18.5 Å². The Labute approximate surface area is 189 Å². The van der Waals surface area contributed by atoms with Crippen LogP contribution in [0.25, 0.3) is 22.4 Å². The molecule has 0 aliphatic heterocycles. The monoisotopic (exact) mass is 454 g/mol. The van der Waals surface area contributed by atoms with Gasteiger partial charge >= 0.3 is 0 Å². The number of halogens is 3. The second-order valence-corrected chi connectivity index (χ2v) is 7.16. The third kappa shape index (κ3) is 6.17. The zero-order valence-corrected chi connectivity index (χ0v) is 18.9. The van der Waals surface area contributed by atoms with Crippen molar-refractivity contribution in [2.24, 2.45) is 12.8 Å². The highest BCUT2D eigenvalue weighted by Gasteiger charge is 2.12. The van der Waals surface area contributed by atoms with Crippen LogP contribution in [0.2, 0.25) is 0 Å². The number of hydrogen-bond donors (Lipinski definition) is 2. The van der Waals surface area contributed by atoms with Crippen molar-refractivity contribution in [2.45, 2.75) is 39.0 Å². The Morgan fingerprint density at radius 2 is 1.83 bits per heavy atom. The summed E-state index contributed by atoms with van der Waals surface area (Å²) in [5.74, 6) is 0.498. The van der Waals surface area contributed by atoms with Crippen molar-refractivity contribution >= 4 is 47.4 Å². The smallest absolute Gasteiger partial charge is 0.224 e. The van der Waals surface area contributed by atoms with Crippen LogP contribution in [0, 0.1) is 12.7 Å². The molecule has 0 radical (unpaired) electrons. The summed E-state index contributed by atoms with van der Waals surface area (Å²) >= 11 is 0. The van der Waals surface area contributed by atoms with Gasteiger partial charge in [0.25, 0.3) is 0 Å². The Kier molecular flexibility index (Phi) is 10.3. The highest BCUT2D eigenvalue weighted by Crippen LogP contribution is 2.27. The first kappa shape index (κ1) is 25.9. The number of nitrogens with zero attached hydrogens (tertiary/aromatic N) is 2. The van der Waals surface area contributed by atoms with Crippen LogP contribution in [-0.4, -0.2) is 22.0 Å². The molecule has 3 aromatic rings. The number of carbonyl (C=O) groups excluding carboxylic acids is 1. The van der Waals surface area contributed by atoms with Crippen LogP contribution >= 0.6 is 24.8 Å². The van der Waals surface area contributed by atoms with E-state index in [1.807, 2.05) is 36.7 Å². The third-order valence-corrected chi connectivity index (χ3v) is 4.96. The van der Waals surface area contributed by atoms with Crippen LogP contribution < -0.4 is 11.1 Å². The molecule has 2 aromatic carbocycles. The number of hydrogen-bond acceptors (Lipinski definition) is 3. The fraction of sp³-hybridized carbons (Fsp3) is 0.364. The minimum Gasteiger partial charge on any atom is -0.330 e. The molecule has 1 amide bonds. The number of nitrogens with one attached hydrogen (secondary N) is 1. The van der Waals surface area contributed by atoms with Crippen LogP contribution in [0.1, 0.15) is 37.7 Å². The first-order chi connectivity index (χ1) is 13.5. The number of rotatable bonds is 8. The maximum atomic E-state index is 13.5. The summed E-state index contributed by atoms with van der Waals surface area (Å²) in [6.07, 6.45) is 4.49. The summed E-state index contributed by atoms with van der Waals surface area (Å²) in [6.45, 7) is 2.67. The number of anilines is 1. The maximum absolute atomic E-state index is 13.5. The number of imidazole rings is 1. The number of benzene rings is 2. The number of amides is 1. The van der Waals surface area contributed by atoms with Crippen molar-refractivity contribution in [3.63, 3.8) is 0 Å². The van der Waals surface area contributed by atoms with Gasteiger partial charge in [0, 0.05) is 30.8 Å². The third-order valence-electron chi connectivity index (χ3n) is 4.96. The Bertz CT molecular complexity index is 991.